The van der Waals surface area contributed by atoms with Crippen molar-refractivity contribution in [2.45, 2.75) is 13.5 Å². The van der Waals surface area contributed by atoms with E-state index in [1.165, 1.54) is 18.7 Å². The van der Waals surface area contributed by atoms with Crippen molar-refractivity contribution in [2.75, 3.05) is 24.8 Å². The zero-order valence-electron chi connectivity index (χ0n) is 16.4. The van der Waals surface area contributed by atoms with Crippen LogP contribution in [-0.4, -0.2) is 29.6 Å². The van der Waals surface area contributed by atoms with Crippen molar-refractivity contribution in [3.8, 4) is 5.75 Å². The van der Waals surface area contributed by atoms with E-state index in [9.17, 15) is 14.4 Å². The molecule has 8 heteroatoms. The number of anilines is 2. The first-order valence-corrected chi connectivity index (χ1v) is 8.92. The van der Waals surface area contributed by atoms with Gasteiger partial charge in [-0.15, -0.1) is 0 Å². The van der Waals surface area contributed by atoms with E-state index in [2.05, 4.69) is 4.98 Å². The van der Waals surface area contributed by atoms with E-state index >= 15 is 0 Å². The number of benzene rings is 2. The number of aryl methyl sites for hydroxylation is 1. The number of nitrogen functional groups attached to an aromatic ring is 1. The highest BCUT2D eigenvalue weighted by Gasteiger charge is 2.22. The highest BCUT2D eigenvalue weighted by molar-refractivity contribution is 6.07. The second-order valence-corrected chi connectivity index (χ2v) is 6.61. The number of hydrogen-bond acceptors (Lipinski definition) is 5. The van der Waals surface area contributed by atoms with Crippen molar-refractivity contribution < 1.29 is 9.53 Å². The maximum atomic E-state index is 13.0. The molecule has 0 aliphatic carbocycles. The number of hydrogen-bond donors (Lipinski definition) is 2. The highest BCUT2D eigenvalue weighted by Crippen LogP contribution is 2.23. The van der Waals surface area contributed by atoms with E-state index in [0.29, 0.717) is 11.3 Å². The van der Waals surface area contributed by atoms with Crippen molar-refractivity contribution in [3.05, 3.63) is 86.1 Å². The smallest absolute Gasteiger partial charge is 0.330 e. The lowest BCUT2D eigenvalue weighted by Gasteiger charge is -2.21. The van der Waals surface area contributed by atoms with Crippen LogP contribution < -0.4 is 26.6 Å². The van der Waals surface area contributed by atoms with Gasteiger partial charge in [0.2, 0.25) is 0 Å². The normalized spacial score (nSPS) is 10.6. The quantitative estimate of drug-likeness (QED) is 0.685. The van der Waals surface area contributed by atoms with Crippen molar-refractivity contribution in [2.24, 2.45) is 0 Å². The molecule has 0 fully saturated rings. The van der Waals surface area contributed by atoms with Crippen LogP contribution in [0.3, 0.4) is 0 Å². The predicted octanol–water partition coefficient (Wildman–Crippen LogP) is 1.76. The molecular formula is C21H22N4O4. The predicted molar refractivity (Wildman–Crippen MR) is 112 cm³/mol. The number of carbonyl (C=O) groups excluding carboxylic acids is 1. The molecule has 150 valence electrons. The summed E-state index contributed by atoms with van der Waals surface area (Å²) in [6.07, 6.45) is 0. The lowest BCUT2D eigenvalue weighted by molar-refractivity contribution is 0.0992. The van der Waals surface area contributed by atoms with Gasteiger partial charge in [0.15, 0.2) is 5.69 Å². The Balaban J connectivity index is 2.03. The second kappa shape index (κ2) is 8.05. The van der Waals surface area contributed by atoms with E-state index in [-0.39, 0.29) is 18.1 Å². The maximum absolute atomic E-state index is 13.0. The van der Waals surface area contributed by atoms with Gasteiger partial charge in [0.1, 0.15) is 11.6 Å². The third-order valence-corrected chi connectivity index (χ3v) is 4.69. The number of aromatic amines is 1. The molecule has 0 aliphatic rings. The highest BCUT2D eigenvalue weighted by atomic mass is 16.5. The average molecular weight is 394 g/mol. The molecule has 29 heavy (non-hydrogen) atoms. The summed E-state index contributed by atoms with van der Waals surface area (Å²) < 4.78 is 6.49. The van der Waals surface area contributed by atoms with Crippen LogP contribution in [0.2, 0.25) is 0 Å². The van der Waals surface area contributed by atoms with Gasteiger partial charge in [-0.2, -0.15) is 0 Å². The summed E-state index contributed by atoms with van der Waals surface area (Å²) in [5, 5.41) is 0. The Morgan fingerprint density at radius 1 is 1.17 bits per heavy atom. The van der Waals surface area contributed by atoms with E-state index in [4.69, 9.17) is 10.5 Å². The van der Waals surface area contributed by atoms with Gasteiger partial charge in [-0.25, -0.2) is 4.79 Å². The molecule has 3 aromatic rings. The molecule has 0 bridgehead atoms. The maximum Gasteiger partial charge on any atom is 0.330 e. The first kappa shape index (κ1) is 19.9. The molecule has 0 aliphatic heterocycles. The molecule has 1 heterocycles. The standard InChI is InChI=1S/C21H22N4O4/c1-13-9-10-15(11-16(13)29-3)20(27)24(2)17-18(22)25(21(28)23-19(17)26)12-14-7-5-4-6-8-14/h4-11H,12,22H2,1-3H3,(H,23,26,28). The monoisotopic (exact) mass is 394 g/mol. The Morgan fingerprint density at radius 2 is 1.86 bits per heavy atom. The minimum atomic E-state index is -0.730. The summed E-state index contributed by atoms with van der Waals surface area (Å²) in [6, 6.07) is 14.2. The molecule has 0 atom stereocenters. The molecule has 8 nitrogen and oxygen atoms in total. The minimum absolute atomic E-state index is 0.0856. The van der Waals surface area contributed by atoms with Crippen LogP contribution in [0.1, 0.15) is 21.5 Å². The fourth-order valence-corrected chi connectivity index (χ4v) is 3.07. The molecule has 2 aromatic carbocycles. The summed E-state index contributed by atoms with van der Waals surface area (Å²) in [5.74, 6) is 0.0168. The molecule has 0 unspecified atom stereocenters. The number of nitrogens with one attached hydrogen (secondary N) is 1. The van der Waals surface area contributed by atoms with Crippen LogP contribution in [0.25, 0.3) is 0 Å². The van der Waals surface area contributed by atoms with Gasteiger partial charge in [0.25, 0.3) is 11.5 Å². The van der Waals surface area contributed by atoms with Crippen molar-refractivity contribution >= 4 is 17.4 Å². The summed E-state index contributed by atoms with van der Waals surface area (Å²) >= 11 is 0. The van der Waals surface area contributed by atoms with Gasteiger partial charge in [0.05, 0.1) is 13.7 Å². The number of aromatic nitrogens is 2. The fourth-order valence-electron chi connectivity index (χ4n) is 3.07. The van der Waals surface area contributed by atoms with E-state index in [1.54, 1.807) is 18.2 Å². The number of nitrogens with zero attached hydrogens (tertiary/aromatic N) is 2. The third kappa shape index (κ3) is 3.91. The molecule has 0 radical (unpaired) electrons. The fraction of sp³-hybridized carbons (Fsp3) is 0.190. The Hall–Kier alpha value is -3.81. The molecule has 0 spiro atoms. The number of amides is 1. The SMILES string of the molecule is COc1cc(C(=O)N(C)c2c(N)n(Cc3ccccc3)c(=O)[nH]c2=O)ccc1C. The summed E-state index contributed by atoms with van der Waals surface area (Å²) in [7, 11) is 2.95. The van der Waals surface area contributed by atoms with Gasteiger partial charge in [-0.1, -0.05) is 36.4 Å². The number of methoxy groups -OCH3 is 1. The minimum Gasteiger partial charge on any atom is -0.496 e. The Bertz CT molecular complexity index is 1170. The van der Waals surface area contributed by atoms with Crippen molar-refractivity contribution in [1.82, 2.24) is 9.55 Å². The molecule has 1 aromatic heterocycles. The molecule has 0 saturated heterocycles. The van der Waals surface area contributed by atoms with Crippen LogP contribution >= 0.6 is 0 Å². The lowest BCUT2D eigenvalue weighted by atomic mass is 10.1. The van der Waals surface area contributed by atoms with Gasteiger partial charge in [0, 0.05) is 12.6 Å². The first-order valence-electron chi connectivity index (χ1n) is 8.92. The summed E-state index contributed by atoms with van der Waals surface area (Å²) in [4.78, 5) is 41.1. The molecule has 1 amide bonds. The number of ether oxygens (including phenoxy) is 1. The van der Waals surface area contributed by atoms with Crippen LogP contribution in [0.4, 0.5) is 11.5 Å². The first-order chi connectivity index (χ1) is 13.8. The van der Waals surface area contributed by atoms with Gasteiger partial charge < -0.3 is 15.4 Å². The van der Waals surface area contributed by atoms with Gasteiger partial charge >= 0.3 is 5.69 Å². The van der Waals surface area contributed by atoms with Gasteiger partial charge in [-0.3, -0.25) is 19.1 Å². The van der Waals surface area contributed by atoms with E-state index in [1.807, 2.05) is 37.3 Å². The second-order valence-electron chi connectivity index (χ2n) is 6.61. The summed E-state index contributed by atoms with van der Waals surface area (Å²) in [6.45, 7) is 2.02. The molecule has 0 saturated carbocycles. The van der Waals surface area contributed by atoms with Crippen molar-refractivity contribution in [1.29, 1.82) is 0 Å². The van der Waals surface area contributed by atoms with Gasteiger partial charge in [-0.05, 0) is 30.2 Å². The van der Waals surface area contributed by atoms with E-state index in [0.717, 1.165) is 16.0 Å². The average Bonchev–Trinajstić information content (AvgIpc) is 2.71. The van der Waals surface area contributed by atoms with Crippen LogP contribution in [0.5, 0.6) is 5.75 Å². The summed E-state index contributed by atoms with van der Waals surface area (Å²) in [5.41, 5.74) is 6.72. The number of rotatable bonds is 5. The molecular weight excluding hydrogens is 372 g/mol. The number of carbonyl (C=O) groups is 1. The number of H-pyrrole nitrogens is 1. The Kier molecular flexibility index (Phi) is 5.54. The lowest BCUT2D eigenvalue weighted by Crippen LogP contribution is -2.39. The van der Waals surface area contributed by atoms with Crippen LogP contribution in [-0.2, 0) is 6.54 Å². The van der Waals surface area contributed by atoms with Crippen LogP contribution in [0.15, 0.2) is 58.1 Å². The zero-order valence-corrected chi connectivity index (χ0v) is 16.4. The third-order valence-electron chi connectivity index (χ3n) is 4.69. The molecule has 3 N–H and O–H groups in total. The number of nitrogens with two attached hydrogens (primary N) is 1. The Morgan fingerprint density at radius 3 is 2.52 bits per heavy atom. The zero-order chi connectivity index (χ0) is 21.1. The largest absolute Gasteiger partial charge is 0.496 e. The van der Waals surface area contributed by atoms with E-state index < -0.39 is 17.2 Å². The topological polar surface area (TPSA) is 110 Å². The Labute approximate surface area is 167 Å². The molecule has 3 rings (SSSR count). The van der Waals surface area contributed by atoms with Crippen molar-refractivity contribution in [3.63, 3.8) is 0 Å². The van der Waals surface area contributed by atoms with Crippen LogP contribution in [0, 0.1) is 6.92 Å².